The third-order valence-corrected chi connectivity index (χ3v) is 6.51. The third-order valence-electron chi connectivity index (χ3n) is 5.06. The van der Waals surface area contributed by atoms with Crippen LogP contribution in [0.4, 0.5) is 0 Å². The van der Waals surface area contributed by atoms with E-state index < -0.39 is 12.0 Å². The van der Waals surface area contributed by atoms with Gasteiger partial charge in [-0.05, 0) is 35.9 Å². The fraction of sp³-hybridized carbons (Fsp3) is 0.208. The first-order valence-corrected chi connectivity index (χ1v) is 11.4. The van der Waals surface area contributed by atoms with Gasteiger partial charge < -0.3 is 19.7 Å². The zero-order valence-electron chi connectivity index (χ0n) is 17.8. The van der Waals surface area contributed by atoms with Crippen LogP contribution in [0.1, 0.15) is 32.6 Å². The molecule has 1 atom stereocenters. The number of benzene rings is 1. The molecule has 0 radical (unpaired) electrons. The minimum absolute atomic E-state index is 0.0785. The standard InChI is InChI=1S/C24H22ClN3O4S/c1-28-12-19(23(31)27-11-15-5-7-16(25)8-6-15)22(30)18-10-17(33-24(18)28)13-32-14-21(29)20-4-2-3-9-26-20/h2-10,12,21,29H,11,13-14H2,1H3,(H,27,31)/t21-/m0/s1. The molecule has 3 aromatic heterocycles. The van der Waals surface area contributed by atoms with Crippen molar-refractivity contribution >= 4 is 39.1 Å². The average molecular weight is 484 g/mol. The van der Waals surface area contributed by atoms with Gasteiger partial charge >= 0.3 is 0 Å². The Balaban J connectivity index is 1.44. The number of aliphatic hydroxyl groups excluding tert-OH is 1. The van der Waals surface area contributed by atoms with Crippen molar-refractivity contribution in [1.29, 1.82) is 0 Å². The molecule has 0 spiro atoms. The van der Waals surface area contributed by atoms with Gasteiger partial charge in [0.05, 0.1) is 24.3 Å². The van der Waals surface area contributed by atoms with E-state index in [1.54, 1.807) is 60.4 Å². The van der Waals surface area contributed by atoms with E-state index in [1.165, 1.54) is 11.3 Å². The molecule has 170 valence electrons. The Labute approximate surface area is 199 Å². The lowest BCUT2D eigenvalue weighted by Crippen LogP contribution is -2.29. The first-order valence-electron chi connectivity index (χ1n) is 10.2. The van der Waals surface area contributed by atoms with Gasteiger partial charge in [0.2, 0.25) is 5.43 Å². The number of aromatic nitrogens is 2. The topological polar surface area (TPSA) is 93.5 Å². The van der Waals surface area contributed by atoms with Crippen LogP contribution in [0.15, 0.2) is 65.7 Å². The molecule has 0 fully saturated rings. The Morgan fingerprint density at radius 3 is 2.79 bits per heavy atom. The predicted molar refractivity (Wildman–Crippen MR) is 129 cm³/mol. The minimum Gasteiger partial charge on any atom is -0.384 e. The van der Waals surface area contributed by atoms with Crippen LogP contribution in [0, 0.1) is 0 Å². The molecule has 0 aliphatic rings. The van der Waals surface area contributed by atoms with E-state index in [1.807, 2.05) is 12.1 Å². The Bertz CT molecular complexity index is 1320. The summed E-state index contributed by atoms with van der Waals surface area (Å²) in [6, 6.07) is 14.2. The Morgan fingerprint density at radius 1 is 1.27 bits per heavy atom. The summed E-state index contributed by atoms with van der Waals surface area (Å²) >= 11 is 7.30. The summed E-state index contributed by atoms with van der Waals surface area (Å²) in [7, 11) is 1.80. The van der Waals surface area contributed by atoms with Crippen molar-refractivity contribution in [1.82, 2.24) is 14.9 Å². The highest BCUT2D eigenvalue weighted by Gasteiger charge is 2.17. The van der Waals surface area contributed by atoms with Gasteiger partial charge in [-0.25, -0.2) is 0 Å². The second kappa shape index (κ2) is 10.3. The lowest BCUT2D eigenvalue weighted by Gasteiger charge is -2.09. The maximum absolute atomic E-state index is 13.0. The predicted octanol–water partition coefficient (Wildman–Crippen LogP) is 3.83. The average Bonchev–Trinajstić information content (AvgIpc) is 3.26. The van der Waals surface area contributed by atoms with Gasteiger partial charge in [0.15, 0.2) is 0 Å². The maximum atomic E-state index is 13.0. The van der Waals surface area contributed by atoms with Gasteiger partial charge in [0, 0.05) is 35.9 Å². The lowest BCUT2D eigenvalue weighted by molar-refractivity contribution is 0.0267. The normalized spacial score (nSPS) is 12.1. The summed E-state index contributed by atoms with van der Waals surface area (Å²) < 4.78 is 7.41. The number of thiophene rings is 1. The number of ether oxygens (including phenoxy) is 1. The van der Waals surface area contributed by atoms with E-state index in [0.29, 0.717) is 22.6 Å². The molecule has 0 unspecified atom stereocenters. The van der Waals surface area contributed by atoms with E-state index in [2.05, 4.69) is 10.3 Å². The highest BCUT2D eigenvalue weighted by atomic mass is 35.5. The number of hydrogen-bond donors (Lipinski definition) is 2. The van der Waals surface area contributed by atoms with Crippen LogP contribution in [-0.4, -0.2) is 27.2 Å². The number of amides is 1. The van der Waals surface area contributed by atoms with Crippen molar-refractivity contribution in [3.8, 4) is 0 Å². The molecule has 4 aromatic rings. The highest BCUT2D eigenvalue weighted by Crippen LogP contribution is 2.24. The smallest absolute Gasteiger partial charge is 0.257 e. The number of hydrogen-bond acceptors (Lipinski definition) is 6. The highest BCUT2D eigenvalue weighted by molar-refractivity contribution is 7.18. The Hall–Kier alpha value is -3.04. The number of nitrogens with zero attached hydrogens (tertiary/aromatic N) is 2. The summed E-state index contributed by atoms with van der Waals surface area (Å²) in [4.78, 5) is 31.4. The van der Waals surface area contributed by atoms with Crippen molar-refractivity contribution in [3.05, 3.63) is 97.9 Å². The molecule has 0 saturated heterocycles. The molecule has 9 heteroatoms. The molecule has 1 aromatic carbocycles. The van der Waals surface area contributed by atoms with Crippen molar-refractivity contribution in [2.45, 2.75) is 19.3 Å². The zero-order chi connectivity index (χ0) is 23.4. The molecule has 0 aliphatic heterocycles. The van der Waals surface area contributed by atoms with E-state index in [9.17, 15) is 14.7 Å². The number of fused-ring (bicyclic) bond motifs is 1. The number of halogens is 1. The fourth-order valence-electron chi connectivity index (χ4n) is 3.35. The summed E-state index contributed by atoms with van der Waals surface area (Å²) in [6.07, 6.45) is 2.33. The maximum Gasteiger partial charge on any atom is 0.257 e. The molecule has 0 saturated carbocycles. The first kappa shape index (κ1) is 23.1. The van der Waals surface area contributed by atoms with Gasteiger partial charge in [0.1, 0.15) is 16.5 Å². The van der Waals surface area contributed by atoms with Crippen molar-refractivity contribution in [3.63, 3.8) is 0 Å². The van der Waals surface area contributed by atoms with Crippen LogP contribution in [0.25, 0.3) is 10.2 Å². The molecule has 0 bridgehead atoms. The molecular formula is C24H22ClN3O4S. The fourth-order valence-corrected chi connectivity index (χ4v) is 4.51. The van der Waals surface area contributed by atoms with E-state index in [4.69, 9.17) is 16.3 Å². The van der Waals surface area contributed by atoms with E-state index in [-0.39, 0.29) is 24.2 Å². The number of nitrogens with one attached hydrogen (secondary N) is 1. The summed E-state index contributed by atoms with van der Waals surface area (Å²) in [6.45, 7) is 0.610. The van der Waals surface area contributed by atoms with Crippen molar-refractivity contribution < 1.29 is 14.6 Å². The second-order valence-electron chi connectivity index (χ2n) is 7.51. The quantitative estimate of drug-likeness (QED) is 0.397. The number of carbonyl (C=O) groups excluding carboxylic acids is 1. The summed E-state index contributed by atoms with van der Waals surface area (Å²) in [5.41, 5.74) is 1.17. The lowest BCUT2D eigenvalue weighted by atomic mass is 10.2. The van der Waals surface area contributed by atoms with E-state index in [0.717, 1.165) is 15.3 Å². The minimum atomic E-state index is -0.831. The number of aliphatic hydroxyl groups is 1. The third kappa shape index (κ3) is 5.48. The van der Waals surface area contributed by atoms with Crippen LogP contribution in [0.3, 0.4) is 0 Å². The molecule has 3 heterocycles. The zero-order valence-corrected chi connectivity index (χ0v) is 19.4. The van der Waals surface area contributed by atoms with Gasteiger partial charge in [-0.2, -0.15) is 0 Å². The SMILES string of the molecule is Cn1cc(C(=O)NCc2ccc(Cl)cc2)c(=O)c2cc(COC[C@H](O)c3ccccn3)sc21. The summed E-state index contributed by atoms with van der Waals surface area (Å²) in [5.74, 6) is -0.435. The molecule has 7 nitrogen and oxygen atoms in total. The van der Waals surface area contributed by atoms with E-state index >= 15 is 0 Å². The van der Waals surface area contributed by atoms with Gasteiger partial charge in [-0.15, -0.1) is 11.3 Å². The molecule has 0 aliphatic carbocycles. The molecule has 1 amide bonds. The number of carbonyl (C=O) groups is 1. The number of aryl methyl sites for hydroxylation is 1. The summed E-state index contributed by atoms with van der Waals surface area (Å²) in [5, 5.41) is 14.0. The largest absolute Gasteiger partial charge is 0.384 e. The van der Waals surface area contributed by atoms with Crippen LogP contribution in [-0.2, 0) is 24.9 Å². The van der Waals surface area contributed by atoms with Gasteiger partial charge in [-0.1, -0.05) is 29.8 Å². The van der Waals surface area contributed by atoms with Gasteiger partial charge in [0.25, 0.3) is 5.91 Å². The molecule has 33 heavy (non-hydrogen) atoms. The van der Waals surface area contributed by atoms with Crippen molar-refractivity contribution in [2.24, 2.45) is 7.05 Å². The first-order chi connectivity index (χ1) is 15.9. The Kier molecular flexibility index (Phi) is 7.20. The molecule has 2 N–H and O–H groups in total. The number of rotatable bonds is 8. The number of pyridine rings is 2. The van der Waals surface area contributed by atoms with Crippen LogP contribution in [0.5, 0.6) is 0 Å². The van der Waals surface area contributed by atoms with Crippen LogP contribution >= 0.6 is 22.9 Å². The van der Waals surface area contributed by atoms with Crippen LogP contribution in [0.2, 0.25) is 5.02 Å². The monoisotopic (exact) mass is 483 g/mol. The Morgan fingerprint density at radius 2 is 2.06 bits per heavy atom. The second-order valence-corrected chi connectivity index (χ2v) is 9.06. The van der Waals surface area contributed by atoms with Crippen LogP contribution < -0.4 is 10.7 Å². The van der Waals surface area contributed by atoms with Gasteiger partial charge in [-0.3, -0.25) is 14.6 Å². The molecule has 4 rings (SSSR count). The molecular weight excluding hydrogens is 462 g/mol. The van der Waals surface area contributed by atoms with Crippen molar-refractivity contribution in [2.75, 3.05) is 6.61 Å².